The van der Waals surface area contributed by atoms with Crippen molar-refractivity contribution in [2.75, 3.05) is 0 Å². The van der Waals surface area contributed by atoms with Crippen molar-refractivity contribution < 1.29 is 4.79 Å². The summed E-state index contributed by atoms with van der Waals surface area (Å²) < 4.78 is 0. The molecule has 0 fully saturated rings. The van der Waals surface area contributed by atoms with E-state index in [1.165, 1.54) is 53.5 Å². The first-order valence-electron chi connectivity index (χ1n) is 10.7. The number of unbranched alkanes of at least 4 members (excludes halogenated alkanes) is 3. The Labute approximate surface area is 164 Å². The summed E-state index contributed by atoms with van der Waals surface area (Å²) in [5.74, 6) is 0.592. The predicted octanol–water partition coefficient (Wildman–Crippen LogP) is 7.25. The van der Waals surface area contributed by atoms with Gasteiger partial charge in [-0.15, -0.1) is 0 Å². The third-order valence-corrected chi connectivity index (χ3v) is 5.84. The number of ketones is 1. The molecule has 0 heterocycles. The van der Waals surface area contributed by atoms with Crippen molar-refractivity contribution in [3.8, 4) is 11.1 Å². The van der Waals surface area contributed by atoms with Crippen LogP contribution in [0.2, 0.25) is 0 Å². The molecule has 2 aromatic rings. The van der Waals surface area contributed by atoms with Crippen LogP contribution < -0.4 is 0 Å². The molecule has 3 rings (SSSR count). The van der Waals surface area contributed by atoms with E-state index in [-0.39, 0.29) is 5.92 Å². The number of rotatable bonds is 8. The van der Waals surface area contributed by atoms with Crippen LogP contribution in [0.3, 0.4) is 0 Å². The van der Waals surface area contributed by atoms with Crippen LogP contribution in [-0.4, -0.2) is 5.78 Å². The highest BCUT2D eigenvalue weighted by Crippen LogP contribution is 2.32. The van der Waals surface area contributed by atoms with Crippen LogP contribution in [0.5, 0.6) is 0 Å². The van der Waals surface area contributed by atoms with Gasteiger partial charge in [-0.1, -0.05) is 88.1 Å². The summed E-state index contributed by atoms with van der Waals surface area (Å²) in [6, 6.07) is 17.5. The Morgan fingerprint density at radius 1 is 0.815 bits per heavy atom. The van der Waals surface area contributed by atoms with E-state index in [2.05, 4.69) is 62.4 Å². The number of hydrogen-bond acceptors (Lipinski definition) is 1. The zero-order valence-corrected chi connectivity index (χ0v) is 16.8. The summed E-state index contributed by atoms with van der Waals surface area (Å²) in [7, 11) is 0. The van der Waals surface area contributed by atoms with Gasteiger partial charge in [0.2, 0.25) is 0 Å². The van der Waals surface area contributed by atoms with E-state index < -0.39 is 0 Å². The van der Waals surface area contributed by atoms with Crippen molar-refractivity contribution >= 4 is 11.4 Å². The van der Waals surface area contributed by atoms with E-state index in [1.54, 1.807) is 0 Å². The second-order valence-electron chi connectivity index (χ2n) is 7.78. The average molecular weight is 361 g/mol. The van der Waals surface area contributed by atoms with Gasteiger partial charge < -0.3 is 0 Å². The fourth-order valence-corrected chi connectivity index (χ4v) is 3.98. The molecular weight excluding hydrogens is 328 g/mol. The lowest BCUT2D eigenvalue weighted by Crippen LogP contribution is -2.17. The topological polar surface area (TPSA) is 17.1 Å². The minimum absolute atomic E-state index is 0.252. The standard InChI is InChI=1S/C26H32O/c1-3-5-6-7-8-24-17-18-25(19-26(24)27)23-15-13-22(14-16-23)21-11-9-20(4-2)10-12-21/h9-16,19,24H,3-8,17-18H2,1-2H3. The van der Waals surface area contributed by atoms with Gasteiger partial charge in [0.15, 0.2) is 5.78 Å². The number of allylic oxidation sites excluding steroid dienone is 2. The minimum Gasteiger partial charge on any atom is -0.295 e. The Kier molecular flexibility index (Phi) is 7.04. The first kappa shape index (κ1) is 19.6. The minimum atomic E-state index is 0.252. The van der Waals surface area contributed by atoms with E-state index in [4.69, 9.17) is 0 Å². The first-order chi connectivity index (χ1) is 13.2. The molecule has 27 heavy (non-hydrogen) atoms. The summed E-state index contributed by atoms with van der Waals surface area (Å²) >= 11 is 0. The fraction of sp³-hybridized carbons (Fsp3) is 0.423. The van der Waals surface area contributed by atoms with E-state index in [1.807, 2.05) is 6.08 Å². The van der Waals surface area contributed by atoms with E-state index in [0.29, 0.717) is 5.78 Å². The van der Waals surface area contributed by atoms with Gasteiger partial charge in [0.1, 0.15) is 0 Å². The number of benzene rings is 2. The third kappa shape index (κ3) is 5.19. The zero-order chi connectivity index (χ0) is 19.1. The zero-order valence-electron chi connectivity index (χ0n) is 16.8. The van der Waals surface area contributed by atoms with E-state index in [0.717, 1.165) is 25.7 Å². The number of carbonyl (C=O) groups is 1. The van der Waals surface area contributed by atoms with Crippen LogP contribution in [0.4, 0.5) is 0 Å². The summed E-state index contributed by atoms with van der Waals surface area (Å²) in [5.41, 5.74) is 6.25. The SMILES string of the molecule is CCCCCCC1CCC(c2ccc(-c3ccc(CC)cc3)cc2)=CC1=O. The molecule has 0 radical (unpaired) electrons. The lowest BCUT2D eigenvalue weighted by molar-refractivity contribution is -0.118. The summed E-state index contributed by atoms with van der Waals surface area (Å²) in [4.78, 5) is 12.5. The van der Waals surface area contributed by atoms with Crippen molar-refractivity contribution in [1.29, 1.82) is 0 Å². The molecule has 1 aliphatic carbocycles. The van der Waals surface area contributed by atoms with Crippen LogP contribution in [0.25, 0.3) is 16.7 Å². The Morgan fingerprint density at radius 3 is 2.04 bits per heavy atom. The van der Waals surface area contributed by atoms with Gasteiger partial charge in [0.05, 0.1) is 0 Å². The van der Waals surface area contributed by atoms with Crippen LogP contribution >= 0.6 is 0 Å². The molecule has 0 bridgehead atoms. The van der Waals surface area contributed by atoms with E-state index >= 15 is 0 Å². The number of aryl methyl sites for hydroxylation is 1. The molecule has 0 spiro atoms. The largest absolute Gasteiger partial charge is 0.295 e. The normalized spacial score (nSPS) is 17.0. The molecule has 142 valence electrons. The molecule has 1 aliphatic rings. The predicted molar refractivity (Wildman–Crippen MR) is 116 cm³/mol. The maximum Gasteiger partial charge on any atom is 0.159 e. The molecule has 0 saturated heterocycles. The summed E-state index contributed by atoms with van der Waals surface area (Å²) in [5, 5.41) is 0. The van der Waals surface area contributed by atoms with Crippen molar-refractivity contribution in [1.82, 2.24) is 0 Å². The van der Waals surface area contributed by atoms with Gasteiger partial charge in [0.25, 0.3) is 0 Å². The van der Waals surface area contributed by atoms with Crippen molar-refractivity contribution in [2.45, 2.75) is 65.2 Å². The van der Waals surface area contributed by atoms with Gasteiger partial charge in [0, 0.05) is 5.92 Å². The highest BCUT2D eigenvalue weighted by Gasteiger charge is 2.22. The smallest absolute Gasteiger partial charge is 0.159 e. The summed E-state index contributed by atoms with van der Waals surface area (Å²) in [6.45, 7) is 4.41. The van der Waals surface area contributed by atoms with Crippen molar-refractivity contribution in [3.05, 3.63) is 65.7 Å². The van der Waals surface area contributed by atoms with Gasteiger partial charge >= 0.3 is 0 Å². The highest BCUT2D eigenvalue weighted by atomic mass is 16.1. The molecule has 1 nitrogen and oxygen atoms in total. The van der Waals surface area contributed by atoms with Gasteiger partial charge in [-0.05, 0) is 59.6 Å². The molecule has 1 heteroatoms. The Hall–Kier alpha value is -2.15. The van der Waals surface area contributed by atoms with Crippen molar-refractivity contribution in [3.63, 3.8) is 0 Å². The van der Waals surface area contributed by atoms with Crippen LogP contribution in [-0.2, 0) is 11.2 Å². The maximum atomic E-state index is 12.5. The number of carbonyl (C=O) groups excluding carboxylic acids is 1. The van der Waals surface area contributed by atoms with Crippen LogP contribution in [0.1, 0.15) is 69.9 Å². The molecule has 1 unspecified atom stereocenters. The molecule has 0 N–H and O–H groups in total. The fourth-order valence-electron chi connectivity index (χ4n) is 3.98. The third-order valence-electron chi connectivity index (χ3n) is 5.84. The second-order valence-corrected chi connectivity index (χ2v) is 7.78. The maximum absolute atomic E-state index is 12.5. The van der Waals surface area contributed by atoms with Crippen LogP contribution in [0, 0.1) is 5.92 Å². The molecule has 0 saturated carbocycles. The lowest BCUT2D eigenvalue weighted by Gasteiger charge is -2.21. The molecule has 0 aromatic heterocycles. The average Bonchev–Trinajstić information content (AvgIpc) is 2.72. The molecule has 0 amide bonds. The Bertz CT molecular complexity index is 765. The molecule has 0 aliphatic heterocycles. The molecular formula is C26H32O. The quantitative estimate of drug-likeness (QED) is 0.453. The summed E-state index contributed by atoms with van der Waals surface area (Å²) in [6.07, 6.45) is 11.1. The van der Waals surface area contributed by atoms with Gasteiger partial charge in [-0.2, -0.15) is 0 Å². The van der Waals surface area contributed by atoms with Crippen molar-refractivity contribution in [2.24, 2.45) is 5.92 Å². The van der Waals surface area contributed by atoms with E-state index in [9.17, 15) is 4.79 Å². The molecule has 1 atom stereocenters. The first-order valence-corrected chi connectivity index (χ1v) is 10.7. The Balaban J connectivity index is 1.64. The molecule has 2 aromatic carbocycles. The van der Waals surface area contributed by atoms with Gasteiger partial charge in [-0.25, -0.2) is 0 Å². The monoisotopic (exact) mass is 360 g/mol. The van der Waals surface area contributed by atoms with Crippen LogP contribution in [0.15, 0.2) is 54.6 Å². The number of hydrogen-bond donors (Lipinski definition) is 0. The lowest BCUT2D eigenvalue weighted by atomic mass is 9.82. The van der Waals surface area contributed by atoms with Gasteiger partial charge in [-0.3, -0.25) is 4.79 Å². The Morgan fingerprint density at radius 2 is 1.44 bits per heavy atom. The highest BCUT2D eigenvalue weighted by molar-refractivity contribution is 6.00. The second kappa shape index (κ2) is 9.69.